The molecule has 3 rings (SSSR count). The van der Waals surface area contributed by atoms with E-state index in [1.807, 2.05) is 36.4 Å². The third kappa shape index (κ3) is 2.89. The molecule has 0 fully saturated rings. The summed E-state index contributed by atoms with van der Waals surface area (Å²) in [6, 6.07) is 13.3. The van der Waals surface area contributed by atoms with E-state index in [1.54, 1.807) is 6.07 Å². The van der Waals surface area contributed by atoms with E-state index in [4.69, 9.17) is 0 Å². The molecule has 0 aliphatic heterocycles. The zero-order valence-electron chi connectivity index (χ0n) is 12.5. The van der Waals surface area contributed by atoms with Crippen molar-refractivity contribution in [1.29, 1.82) is 0 Å². The lowest BCUT2D eigenvalue weighted by Crippen LogP contribution is -2.10. The van der Waals surface area contributed by atoms with Gasteiger partial charge in [-0.05, 0) is 41.7 Å². The minimum atomic E-state index is 0.188. The van der Waals surface area contributed by atoms with E-state index < -0.39 is 0 Å². The van der Waals surface area contributed by atoms with Gasteiger partial charge in [0.05, 0.1) is 0 Å². The van der Waals surface area contributed by atoms with Gasteiger partial charge >= 0.3 is 0 Å². The van der Waals surface area contributed by atoms with Crippen molar-refractivity contribution in [1.82, 2.24) is 15.0 Å². The van der Waals surface area contributed by atoms with Crippen molar-refractivity contribution >= 4 is 11.0 Å². The topological polar surface area (TPSA) is 50.9 Å². The fourth-order valence-corrected chi connectivity index (χ4v) is 2.42. The van der Waals surface area contributed by atoms with Gasteiger partial charge in [-0.3, -0.25) is 0 Å². The minimum absolute atomic E-state index is 0.188. The maximum Gasteiger partial charge on any atom is 0.143 e. The largest absolute Gasteiger partial charge is 0.506 e. The van der Waals surface area contributed by atoms with E-state index in [-0.39, 0.29) is 11.2 Å². The SMILES string of the molecule is CC(C)(C)Cc1ccc(O)c(-n2nc3ccccc3n2)c1. The van der Waals surface area contributed by atoms with Crippen LogP contribution in [0.1, 0.15) is 26.3 Å². The highest BCUT2D eigenvalue weighted by Gasteiger charge is 2.14. The third-order valence-electron chi connectivity index (χ3n) is 3.28. The Morgan fingerprint density at radius 1 is 1.00 bits per heavy atom. The van der Waals surface area contributed by atoms with Crippen molar-refractivity contribution in [2.24, 2.45) is 5.41 Å². The molecule has 0 saturated carbocycles. The molecule has 1 heterocycles. The smallest absolute Gasteiger partial charge is 0.143 e. The molecular weight excluding hydrogens is 262 g/mol. The average Bonchev–Trinajstić information content (AvgIpc) is 2.83. The zero-order chi connectivity index (χ0) is 15.0. The van der Waals surface area contributed by atoms with E-state index in [2.05, 4.69) is 31.0 Å². The number of hydrogen-bond acceptors (Lipinski definition) is 3. The molecule has 0 amide bonds. The number of rotatable bonds is 2. The van der Waals surface area contributed by atoms with Gasteiger partial charge < -0.3 is 5.11 Å². The number of benzene rings is 2. The molecule has 0 saturated heterocycles. The fraction of sp³-hybridized carbons (Fsp3) is 0.294. The van der Waals surface area contributed by atoms with Crippen LogP contribution in [0.4, 0.5) is 0 Å². The van der Waals surface area contributed by atoms with Crippen LogP contribution >= 0.6 is 0 Å². The van der Waals surface area contributed by atoms with E-state index in [0.717, 1.165) is 23.0 Å². The molecule has 0 unspecified atom stereocenters. The predicted molar refractivity (Wildman–Crippen MR) is 83.7 cm³/mol. The normalized spacial score (nSPS) is 12.0. The fourth-order valence-electron chi connectivity index (χ4n) is 2.42. The Kier molecular flexibility index (Phi) is 3.16. The summed E-state index contributed by atoms with van der Waals surface area (Å²) >= 11 is 0. The van der Waals surface area contributed by atoms with Gasteiger partial charge in [0.2, 0.25) is 0 Å². The van der Waals surface area contributed by atoms with Crippen LogP contribution in [0.3, 0.4) is 0 Å². The number of phenols is 1. The van der Waals surface area contributed by atoms with Crippen molar-refractivity contribution in [3.8, 4) is 11.4 Å². The van der Waals surface area contributed by atoms with E-state index in [1.165, 1.54) is 4.80 Å². The van der Waals surface area contributed by atoms with E-state index in [0.29, 0.717) is 5.69 Å². The first kappa shape index (κ1) is 13.6. The van der Waals surface area contributed by atoms with Crippen LogP contribution in [-0.2, 0) is 6.42 Å². The van der Waals surface area contributed by atoms with Gasteiger partial charge in [-0.15, -0.1) is 15.0 Å². The monoisotopic (exact) mass is 281 g/mol. The summed E-state index contributed by atoms with van der Waals surface area (Å²) < 4.78 is 0. The summed E-state index contributed by atoms with van der Waals surface area (Å²) in [6.45, 7) is 6.58. The minimum Gasteiger partial charge on any atom is -0.506 e. The summed E-state index contributed by atoms with van der Waals surface area (Å²) in [7, 11) is 0. The lowest BCUT2D eigenvalue weighted by molar-refractivity contribution is 0.410. The molecule has 0 aliphatic rings. The molecule has 0 atom stereocenters. The van der Waals surface area contributed by atoms with Gasteiger partial charge in [0.15, 0.2) is 0 Å². The quantitative estimate of drug-likeness (QED) is 0.779. The number of nitrogens with zero attached hydrogens (tertiary/aromatic N) is 3. The molecule has 2 aromatic carbocycles. The summed E-state index contributed by atoms with van der Waals surface area (Å²) in [5.41, 5.74) is 3.61. The number of phenolic OH excluding ortho intramolecular Hbond substituents is 1. The second-order valence-electron chi connectivity index (χ2n) is 6.54. The van der Waals surface area contributed by atoms with Crippen molar-refractivity contribution in [3.63, 3.8) is 0 Å². The van der Waals surface area contributed by atoms with Crippen LogP contribution in [0.15, 0.2) is 42.5 Å². The van der Waals surface area contributed by atoms with Gasteiger partial charge in [-0.2, -0.15) is 0 Å². The van der Waals surface area contributed by atoms with Crippen molar-refractivity contribution in [2.45, 2.75) is 27.2 Å². The van der Waals surface area contributed by atoms with Gasteiger partial charge in [0.1, 0.15) is 22.5 Å². The third-order valence-corrected chi connectivity index (χ3v) is 3.28. The van der Waals surface area contributed by atoms with Gasteiger partial charge in [-0.1, -0.05) is 39.0 Å². The number of aromatic nitrogens is 3. The van der Waals surface area contributed by atoms with Crippen molar-refractivity contribution in [2.75, 3.05) is 0 Å². The Labute approximate surface area is 124 Å². The standard InChI is InChI=1S/C17H19N3O/c1-17(2,3)11-12-8-9-16(21)15(10-12)20-18-13-6-4-5-7-14(13)19-20/h4-10,21H,11H2,1-3H3. The molecule has 4 heteroatoms. The highest BCUT2D eigenvalue weighted by atomic mass is 16.3. The second-order valence-corrected chi connectivity index (χ2v) is 6.54. The molecule has 3 aromatic rings. The molecule has 0 bridgehead atoms. The zero-order valence-corrected chi connectivity index (χ0v) is 12.5. The lowest BCUT2D eigenvalue weighted by Gasteiger charge is -2.18. The highest BCUT2D eigenvalue weighted by Crippen LogP contribution is 2.27. The first-order valence-electron chi connectivity index (χ1n) is 7.07. The van der Waals surface area contributed by atoms with Crippen LogP contribution in [0.5, 0.6) is 5.75 Å². The molecule has 0 aliphatic carbocycles. The van der Waals surface area contributed by atoms with Crippen LogP contribution in [0, 0.1) is 5.41 Å². The van der Waals surface area contributed by atoms with E-state index in [9.17, 15) is 5.11 Å². The van der Waals surface area contributed by atoms with Crippen LogP contribution in [0.25, 0.3) is 16.7 Å². The molecule has 0 spiro atoms. The highest BCUT2D eigenvalue weighted by molar-refractivity contribution is 5.73. The molecule has 21 heavy (non-hydrogen) atoms. The van der Waals surface area contributed by atoms with E-state index >= 15 is 0 Å². The number of aromatic hydroxyl groups is 1. The van der Waals surface area contributed by atoms with Crippen LogP contribution in [0.2, 0.25) is 0 Å². The second kappa shape index (κ2) is 4.88. The molecule has 1 aromatic heterocycles. The number of fused-ring (bicyclic) bond motifs is 1. The predicted octanol–water partition coefficient (Wildman–Crippen LogP) is 3.71. The summed E-state index contributed by atoms with van der Waals surface area (Å²) in [5.74, 6) is 0.188. The Balaban J connectivity index is 2.06. The maximum absolute atomic E-state index is 10.1. The number of hydrogen-bond donors (Lipinski definition) is 1. The van der Waals surface area contributed by atoms with Gasteiger partial charge in [0, 0.05) is 0 Å². The summed E-state index contributed by atoms with van der Waals surface area (Å²) in [6.07, 6.45) is 0.932. The molecule has 1 N–H and O–H groups in total. The summed E-state index contributed by atoms with van der Waals surface area (Å²) in [5, 5.41) is 19.0. The van der Waals surface area contributed by atoms with Crippen molar-refractivity contribution in [3.05, 3.63) is 48.0 Å². The Bertz CT molecular complexity index is 751. The van der Waals surface area contributed by atoms with Gasteiger partial charge in [-0.25, -0.2) is 0 Å². The first-order chi connectivity index (χ1) is 9.92. The van der Waals surface area contributed by atoms with Crippen LogP contribution < -0.4 is 0 Å². The Morgan fingerprint density at radius 3 is 2.19 bits per heavy atom. The molecule has 0 radical (unpaired) electrons. The Hall–Kier alpha value is -2.36. The summed E-state index contributed by atoms with van der Waals surface area (Å²) in [4.78, 5) is 1.51. The molecule has 4 nitrogen and oxygen atoms in total. The first-order valence-corrected chi connectivity index (χ1v) is 7.07. The molecular formula is C17H19N3O. The molecule has 108 valence electrons. The Morgan fingerprint density at radius 2 is 1.62 bits per heavy atom. The lowest BCUT2D eigenvalue weighted by atomic mass is 9.88. The maximum atomic E-state index is 10.1. The van der Waals surface area contributed by atoms with Crippen LogP contribution in [-0.4, -0.2) is 20.1 Å². The van der Waals surface area contributed by atoms with Gasteiger partial charge in [0.25, 0.3) is 0 Å². The van der Waals surface area contributed by atoms with Crippen molar-refractivity contribution < 1.29 is 5.11 Å². The average molecular weight is 281 g/mol.